The third-order valence-electron chi connectivity index (χ3n) is 4.74. The summed E-state index contributed by atoms with van der Waals surface area (Å²) in [5.41, 5.74) is 2.49. The van der Waals surface area contributed by atoms with Crippen molar-refractivity contribution in [3.05, 3.63) is 64.3 Å². The molecule has 3 amide bonds. The van der Waals surface area contributed by atoms with E-state index in [0.29, 0.717) is 23.2 Å². The zero-order chi connectivity index (χ0) is 22.0. The van der Waals surface area contributed by atoms with Crippen LogP contribution in [0.3, 0.4) is 0 Å². The number of fused-ring (bicyclic) bond motifs is 1. The van der Waals surface area contributed by atoms with Gasteiger partial charge in [-0.05, 0) is 60.7 Å². The van der Waals surface area contributed by atoms with Crippen LogP contribution in [-0.4, -0.2) is 50.0 Å². The zero-order valence-corrected chi connectivity index (χ0v) is 17.4. The van der Waals surface area contributed by atoms with Crippen LogP contribution in [0.1, 0.15) is 22.8 Å². The van der Waals surface area contributed by atoms with Crippen molar-refractivity contribution < 1.29 is 18.8 Å². The van der Waals surface area contributed by atoms with E-state index in [9.17, 15) is 18.8 Å². The first kappa shape index (κ1) is 20.7. The predicted molar refractivity (Wildman–Crippen MR) is 115 cm³/mol. The maximum atomic E-state index is 13.0. The lowest BCUT2D eigenvalue weighted by Crippen LogP contribution is -2.37. The van der Waals surface area contributed by atoms with Gasteiger partial charge in [-0.3, -0.25) is 19.3 Å². The second-order valence-electron chi connectivity index (χ2n) is 6.75. The SMILES string of the molecule is CCn1nnc2cc(C(=O)NCCN3C(=O)S/C(=C\c4ccc(F)cc4)C3=O)ccc21. The fraction of sp³-hybridized carbons (Fsp3) is 0.190. The third-order valence-corrected chi connectivity index (χ3v) is 5.65. The van der Waals surface area contributed by atoms with Gasteiger partial charge in [0, 0.05) is 25.2 Å². The van der Waals surface area contributed by atoms with Crippen molar-refractivity contribution in [1.29, 1.82) is 0 Å². The molecule has 4 rings (SSSR count). The molecule has 0 atom stereocenters. The van der Waals surface area contributed by atoms with Gasteiger partial charge >= 0.3 is 0 Å². The molecule has 1 fully saturated rings. The summed E-state index contributed by atoms with van der Waals surface area (Å²) >= 11 is 0.816. The largest absolute Gasteiger partial charge is 0.350 e. The third kappa shape index (κ3) is 4.33. The second kappa shape index (κ2) is 8.68. The van der Waals surface area contributed by atoms with E-state index < -0.39 is 11.1 Å². The minimum Gasteiger partial charge on any atom is -0.350 e. The van der Waals surface area contributed by atoms with Crippen molar-refractivity contribution in [1.82, 2.24) is 25.2 Å². The summed E-state index contributed by atoms with van der Waals surface area (Å²) in [6.45, 7) is 2.79. The molecule has 0 spiro atoms. The Morgan fingerprint density at radius 2 is 1.97 bits per heavy atom. The monoisotopic (exact) mass is 439 g/mol. The molecule has 8 nitrogen and oxygen atoms in total. The van der Waals surface area contributed by atoms with Gasteiger partial charge < -0.3 is 5.32 Å². The van der Waals surface area contributed by atoms with Crippen LogP contribution in [0.2, 0.25) is 0 Å². The smallest absolute Gasteiger partial charge is 0.293 e. The molecule has 1 aromatic heterocycles. The number of carbonyl (C=O) groups is 3. The highest BCUT2D eigenvalue weighted by molar-refractivity contribution is 8.18. The molecule has 0 unspecified atom stereocenters. The molecule has 10 heteroatoms. The first-order valence-corrected chi connectivity index (χ1v) is 10.4. The Kier molecular flexibility index (Phi) is 5.81. The highest BCUT2D eigenvalue weighted by atomic mass is 32.2. The molecular weight excluding hydrogens is 421 g/mol. The number of rotatable bonds is 6. The molecule has 3 aromatic rings. The van der Waals surface area contributed by atoms with E-state index in [1.54, 1.807) is 29.0 Å². The van der Waals surface area contributed by atoms with E-state index in [-0.39, 0.29) is 29.7 Å². The second-order valence-corrected chi connectivity index (χ2v) is 7.74. The number of hydrogen-bond donors (Lipinski definition) is 1. The van der Waals surface area contributed by atoms with Crippen LogP contribution >= 0.6 is 11.8 Å². The van der Waals surface area contributed by atoms with E-state index in [2.05, 4.69) is 15.6 Å². The van der Waals surface area contributed by atoms with Gasteiger partial charge in [0.1, 0.15) is 11.3 Å². The summed E-state index contributed by atoms with van der Waals surface area (Å²) < 4.78 is 14.8. The van der Waals surface area contributed by atoms with Crippen molar-refractivity contribution >= 4 is 45.9 Å². The molecule has 1 N–H and O–H groups in total. The van der Waals surface area contributed by atoms with E-state index in [1.807, 2.05) is 6.92 Å². The summed E-state index contributed by atoms with van der Waals surface area (Å²) in [6, 6.07) is 10.7. The topological polar surface area (TPSA) is 97.2 Å². The summed E-state index contributed by atoms with van der Waals surface area (Å²) in [7, 11) is 0. The molecule has 1 aliphatic rings. The number of benzene rings is 2. The standard InChI is InChI=1S/C21H18FN5O3S/c1-2-27-17-8-5-14(12-16(17)24-25-27)19(28)23-9-10-26-20(29)18(31-21(26)30)11-13-3-6-15(22)7-4-13/h3-8,11-12H,2,9-10H2,1H3,(H,23,28)/b18-11-. The van der Waals surface area contributed by atoms with Crippen molar-refractivity contribution in [3.8, 4) is 0 Å². The van der Waals surface area contributed by atoms with Gasteiger partial charge in [0.05, 0.1) is 10.4 Å². The van der Waals surface area contributed by atoms with Gasteiger partial charge in [-0.1, -0.05) is 17.3 Å². The molecule has 2 aromatic carbocycles. The highest BCUT2D eigenvalue weighted by Crippen LogP contribution is 2.31. The van der Waals surface area contributed by atoms with Crippen LogP contribution in [0.15, 0.2) is 47.4 Å². The molecule has 0 bridgehead atoms. The van der Waals surface area contributed by atoms with E-state index in [4.69, 9.17) is 0 Å². The maximum absolute atomic E-state index is 13.0. The Balaban J connectivity index is 1.36. The Labute approximate surface area is 181 Å². The summed E-state index contributed by atoms with van der Waals surface area (Å²) in [4.78, 5) is 38.5. The van der Waals surface area contributed by atoms with Crippen molar-refractivity contribution in [2.24, 2.45) is 0 Å². The number of thioether (sulfide) groups is 1. The molecule has 1 saturated heterocycles. The number of aromatic nitrogens is 3. The minimum absolute atomic E-state index is 0.0470. The lowest BCUT2D eigenvalue weighted by Gasteiger charge is -2.13. The maximum Gasteiger partial charge on any atom is 0.293 e. The number of carbonyl (C=O) groups excluding carboxylic acids is 3. The number of nitrogens with one attached hydrogen (secondary N) is 1. The predicted octanol–water partition coefficient (Wildman–Crippen LogP) is 3.06. The lowest BCUT2D eigenvalue weighted by atomic mass is 10.2. The normalized spacial score (nSPS) is 15.3. The first-order chi connectivity index (χ1) is 15.0. The molecule has 1 aliphatic heterocycles. The number of aryl methyl sites for hydroxylation is 1. The summed E-state index contributed by atoms with van der Waals surface area (Å²) in [6.07, 6.45) is 1.54. The Morgan fingerprint density at radius 1 is 1.19 bits per heavy atom. The van der Waals surface area contributed by atoms with Gasteiger partial charge in [0.2, 0.25) is 0 Å². The minimum atomic E-state index is -0.439. The van der Waals surface area contributed by atoms with E-state index in [0.717, 1.165) is 22.2 Å². The van der Waals surface area contributed by atoms with Gasteiger partial charge in [-0.25, -0.2) is 9.07 Å². The molecule has 31 heavy (non-hydrogen) atoms. The van der Waals surface area contributed by atoms with Crippen LogP contribution < -0.4 is 5.32 Å². The average Bonchev–Trinajstić information content (AvgIpc) is 3.30. The fourth-order valence-electron chi connectivity index (χ4n) is 3.13. The van der Waals surface area contributed by atoms with Crippen molar-refractivity contribution in [2.75, 3.05) is 13.1 Å². The highest BCUT2D eigenvalue weighted by Gasteiger charge is 2.34. The van der Waals surface area contributed by atoms with Crippen LogP contribution in [0.4, 0.5) is 9.18 Å². The van der Waals surface area contributed by atoms with Gasteiger partial charge in [-0.2, -0.15) is 0 Å². The molecule has 158 valence electrons. The zero-order valence-electron chi connectivity index (χ0n) is 16.5. The summed E-state index contributed by atoms with van der Waals surface area (Å²) in [5, 5.41) is 10.4. The van der Waals surface area contributed by atoms with Crippen LogP contribution in [0.5, 0.6) is 0 Å². The number of halogens is 1. The lowest BCUT2D eigenvalue weighted by molar-refractivity contribution is -0.122. The quantitative estimate of drug-likeness (QED) is 0.593. The van der Waals surface area contributed by atoms with E-state index in [1.165, 1.54) is 24.3 Å². The number of imide groups is 1. The van der Waals surface area contributed by atoms with Crippen LogP contribution in [0.25, 0.3) is 17.1 Å². The molecule has 2 heterocycles. The van der Waals surface area contributed by atoms with Crippen LogP contribution in [-0.2, 0) is 11.3 Å². The molecular formula is C21H18FN5O3S. The van der Waals surface area contributed by atoms with Crippen molar-refractivity contribution in [3.63, 3.8) is 0 Å². The number of hydrogen-bond acceptors (Lipinski definition) is 6. The Bertz CT molecular complexity index is 1210. The number of amides is 3. The van der Waals surface area contributed by atoms with Crippen LogP contribution in [0, 0.1) is 5.82 Å². The summed E-state index contributed by atoms with van der Waals surface area (Å²) in [5.74, 6) is -1.15. The van der Waals surface area contributed by atoms with E-state index >= 15 is 0 Å². The number of nitrogens with zero attached hydrogens (tertiary/aromatic N) is 4. The Hall–Kier alpha value is -3.53. The molecule has 0 aliphatic carbocycles. The van der Waals surface area contributed by atoms with Gasteiger partial charge in [0.15, 0.2) is 0 Å². The molecule has 0 saturated carbocycles. The van der Waals surface area contributed by atoms with Gasteiger partial charge in [-0.15, -0.1) is 5.10 Å². The van der Waals surface area contributed by atoms with Crippen molar-refractivity contribution in [2.45, 2.75) is 13.5 Å². The fourth-order valence-corrected chi connectivity index (χ4v) is 4.00. The average molecular weight is 439 g/mol. The van der Waals surface area contributed by atoms with Gasteiger partial charge in [0.25, 0.3) is 17.1 Å². The molecule has 0 radical (unpaired) electrons. The first-order valence-electron chi connectivity index (χ1n) is 9.58. The Morgan fingerprint density at radius 3 is 2.71 bits per heavy atom.